The summed E-state index contributed by atoms with van der Waals surface area (Å²) in [6.07, 6.45) is 0. The van der Waals surface area contributed by atoms with Crippen LogP contribution in [0.3, 0.4) is 0 Å². The highest BCUT2D eigenvalue weighted by Crippen LogP contribution is 1.70. The Morgan fingerprint density at radius 2 is 1.67 bits per heavy atom. The normalized spacial score (nSPS) is 6.83. The van der Waals surface area contributed by atoms with Crippen molar-refractivity contribution in [3.05, 3.63) is 0 Å². The van der Waals surface area contributed by atoms with Crippen LogP contribution >= 0.6 is 0 Å². The molecule has 0 aromatic rings. The minimum absolute atomic E-state index is 0.333. The van der Waals surface area contributed by atoms with E-state index in [2.05, 4.69) is 16.3 Å². The lowest BCUT2D eigenvalue weighted by molar-refractivity contribution is 0.255. The lowest BCUT2D eigenvalue weighted by Gasteiger charge is -1.92. The van der Waals surface area contributed by atoms with Crippen molar-refractivity contribution < 1.29 is 0 Å². The lowest BCUT2D eigenvalue weighted by atomic mass is 12.2. The zero-order valence-corrected chi connectivity index (χ0v) is 2.92. The summed E-state index contributed by atoms with van der Waals surface area (Å²) in [7, 11) is 0. The van der Waals surface area contributed by atoms with Crippen molar-refractivity contribution in [2.24, 2.45) is 16.3 Å². The molecule has 0 saturated carbocycles. The van der Waals surface area contributed by atoms with Gasteiger partial charge >= 0.3 is 0 Å². The summed E-state index contributed by atoms with van der Waals surface area (Å²) in [6, 6.07) is 0. The molecule has 0 rings (SSSR count). The van der Waals surface area contributed by atoms with Crippen LogP contribution in [-0.4, -0.2) is 5.23 Å². The van der Waals surface area contributed by atoms with E-state index in [1.807, 2.05) is 0 Å². The standard InChI is InChI=1S/H4N6/c1-4-6(3)5-2/h1-2H,3H2. The quantitative estimate of drug-likeness (QED) is 0.252. The Kier molecular flexibility index (Phi) is 1.83. The second-order valence-electron chi connectivity index (χ2n) is 0.520. The monoisotopic (exact) mass is 88.0 g/mol. The number of hydrogen-bond acceptors (Lipinski definition) is 5. The van der Waals surface area contributed by atoms with Crippen molar-refractivity contribution in [3.63, 3.8) is 0 Å². The minimum Gasteiger partial charge on any atom is -0.206 e. The van der Waals surface area contributed by atoms with Gasteiger partial charge in [-0.2, -0.15) is 11.1 Å². The minimum atomic E-state index is 0.333. The number of nitrogens with one attached hydrogen (secondary N) is 2. The number of nitrogens with zero attached hydrogens (tertiary/aromatic N) is 3. The maximum Gasteiger partial charge on any atom is -0.0391 e. The van der Waals surface area contributed by atoms with E-state index in [0.717, 1.165) is 0 Å². The topological polar surface area (TPSA) is 102 Å². The fourth-order valence-electron chi connectivity index (χ4n) is 0.0224. The molecule has 0 spiro atoms. The molecule has 0 bridgehead atoms. The van der Waals surface area contributed by atoms with Crippen LogP contribution in [0.5, 0.6) is 0 Å². The van der Waals surface area contributed by atoms with Gasteiger partial charge in [0.05, 0.1) is 0 Å². The molecule has 0 unspecified atom stereocenters. The van der Waals surface area contributed by atoms with E-state index in [4.69, 9.17) is 11.1 Å². The van der Waals surface area contributed by atoms with Crippen LogP contribution in [0.2, 0.25) is 0 Å². The first-order valence-corrected chi connectivity index (χ1v) is 1.11. The molecule has 0 aliphatic rings. The van der Waals surface area contributed by atoms with Gasteiger partial charge < -0.3 is 0 Å². The SMILES string of the molecule is N=NN(N)N=N. The molecule has 6 heavy (non-hydrogen) atoms. The van der Waals surface area contributed by atoms with Crippen molar-refractivity contribution in [1.29, 1.82) is 11.1 Å². The first kappa shape index (κ1) is 4.96. The highest BCUT2D eigenvalue weighted by Gasteiger charge is 1.75. The number of hydrazine groups is 1. The van der Waals surface area contributed by atoms with E-state index in [9.17, 15) is 0 Å². The first-order chi connectivity index (χ1) is 2.81. The third kappa shape index (κ3) is 1.30. The van der Waals surface area contributed by atoms with E-state index in [0.29, 0.717) is 5.23 Å². The van der Waals surface area contributed by atoms with Gasteiger partial charge in [-0.05, 0) is 10.4 Å². The van der Waals surface area contributed by atoms with Crippen molar-refractivity contribution in [2.75, 3.05) is 0 Å². The molecule has 6 heteroatoms. The zero-order valence-electron chi connectivity index (χ0n) is 2.92. The van der Waals surface area contributed by atoms with E-state index < -0.39 is 0 Å². The summed E-state index contributed by atoms with van der Waals surface area (Å²) in [5, 5.41) is 5.36. The van der Waals surface area contributed by atoms with Crippen LogP contribution in [0, 0.1) is 11.1 Å². The van der Waals surface area contributed by atoms with Crippen LogP contribution in [0.25, 0.3) is 0 Å². The summed E-state index contributed by atoms with van der Waals surface area (Å²) >= 11 is 0. The number of nitrogens with two attached hydrogens (primary N) is 1. The molecule has 0 radical (unpaired) electrons. The molecule has 0 aliphatic carbocycles. The van der Waals surface area contributed by atoms with E-state index in [1.165, 1.54) is 0 Å². The highest BCUT2D eigenvalue weighted by atomic mass is 15.8. The summed E-state index contributed by atoms with van der Waals surface area (Å²) in [5.74, 6) is 4.60. The Hall–Kier alpha value is -1.04. The van der Waals surface area contributed by atoms with E-state index >= 15 is 0 Å². The molecule has 34 valence electrons. The Morgan fingerprint density at radius 3 is 1.67 bits per heavy atom. The molecule has 4 N–H and O–H groups in total. The van der Waals surface area contributed by atoms with Crippen LogP contribution < -0.4 is 5.84 Å². The van der Waals surface area contributed by atoms with E-state index in [-0.39, 0.29) is 0 Å². The Bertz CT molecular complexity index is 45.1. The fraction of sp³-hybridized carbons (Fsp3) is 0. The van der Waals surface area contributed by atoms with Gasteiger partial charge in [-0.15, -0.1) is 0 Å². The van der Waals surface area contributed by atoms with Crippen molar-refractivity contribution in [2.45, 2.75) is 0 Å². The second-order valence-corrected chi connectivity index (χ2v) is 0.520. The van der Waals surface area contributed by atoms with Gasteiger partial charge in [0.1, 0.15) is 0 Å². The number of rotatable bonds is 2. The van der Waals surface area contributed by atoms with Crippen LogP contribution in [0.1, 0.15) is 0 Å². The van der Waals surface area contributed by atoms with Gasteiger partial charge in [-0.1, -0.05) is 5.23 Å². The molecule has 0 aromatic heterocycles. The smallest absolute Gasteiger partial charge is 0.0391 e. The van der Waals surface area contributed by atoms with Crippen molar-refractivity contribution in [3.8, 4) is 0 Å². The highest BCUT2D eigenvalue weighted by molar-refractivity contribution is 3.96. The maximum atomic E-state index is 6.02. The first-order valence-electron chi connectivity index (χ1n) is 1.11. The Labute approximate surface area is 33.9 Å². The predicted octanol–water partition coefficient (Wildman–Crippen LogP) is 0.0540. The average molecular weight is 88.1 g/mol. The fourth-order valence-corrected chi connectivity index (χ4v) is 0.0224. The van der Waals surface area contributed by atoms with Gasteiger partial charge in [0, 0.05) is 0 Å². The van der Waals surface area contributed by atoms with E-state index in [1.54, 1.807) is 0 Å². The largest absolute Gasteiger partial charge is 0.206 e. The van der Waals surface area contributed by atoms with Crippen LogP contribution in [0.4, 0.5) is 0 Å². The molecule has 0 aliphatic heterocycles. The van der Waals surface area contributed by atoms with Crippen molar-refractivity contribution in [1.82, 2.24) is 5.23 Å². The Balaban J connectivity index is 3.21. The average Bonchev–Trinajstić information content (AvgIpc) is 1.65. The lowest BCUT2D eigenvalue weighted by Crippen LogP contribution is -2.15. The predicted molar refractivity (Wildman–Crippen MR) is 16.3 cm³/mol. The van der Waals surface area contributed by atoms with Gasteiger partial charge in [-0.25, -0.2) is 5.84 Å². The molecule has 0 atom stereocenters. The van der Waals surface area contributed by atoms with Crippen LogP contribution in [0.15, 0.2) is 10.4 Å². The summed E-state index contributed by atoms with van der Waals surface area (Å²) in [5.41, 5.74) is 12.0. The maximum absolute atomic E-state index is 6.02. The summed E-state index contributed by atoms with van der Waals surface area (Å²) in [4.78, 5) is 0. The third-order valence-corrected chi connectivity index (χ3v) is 0.205. The molecule has 0 amide bonds. The van der Waals surface area contributed by atoms with Gasteiger partial charge in [0.15, 0.2) is 0 Å². The second kappa shape index (κ2) is 2.21. The molecular formula is H4N6. The molecule has 0 fully saturated rings. The molecular weight excluding hydrogens is 84.0 g/mol. The molecule has 0 saturated heterocycles. The third-order valence-electron chi connectivity index (χ3n) is 0.205. The number of hydrogen-bond donors (Lipinski definition) is 3. The van der Waals surface area contributed by atoms with Gasteiger partial charge in [0.2, 0.25) is 0 Å². The van der Waals surface area contributed by atoms with Gasteiger partial charge in [0.25, 0.3) is 0 Å². The van der Waals surface area contributed by atoms with Crippen molar-refractivity contribution >= 4 is 0 Å². The zero-order chi connectivity index (χ0) is 4.99. The summed E-state index contributed by atoms with van der Waals surface area (Å²) in [6.45, 7) is 0. The van der Waals surface area contributed by atoms with Crippen LogP contribution in [-0.2, 0) is 0 Å². The summed E-state index contributed by atoms with van der Waals surface area (Å²) < 4.78 is 0. The molecule has 0 heterocycles. The van der Waals surface area contributed by atoms with Gasteiger partial charge in [-0.3, -0.25) is 0 Å². The molecule has 0 aromatic carbocycles. The Morgan fingerprint density at radius 1 is 1.33 bits per heavy atom. The molecule has 6 nitrogen and oxygen atoms in total.